The lowest BCUT2D eigenvalue weighted by Crippen LogP contribution is -2.26. The van der Waals surface area contributed by atoms with E-state index in [1.165, 1.54) is 16.4 Å². The normalized spacial score (nSPS) is 10.9. The van der Waals surface area contributed by atoms with Crippen LogP contribution in [0.1, 0.15) is 5.56 Å². The molecule has 0 atom stereocenters. The first-order valence-corrected chi connectivity index (χ1v) is 10.6. The highest BCUT2D eigenvalue weighted by molar-refractivity contribution is 7.99. The maximum Gasteiger partial charge on any atom is 0.280 e. The highest BCUT2D eigenvalue weighted by Crippen LogP contribution is 2.20. The molecule has 0 aliphatic rings. The van der Waals surface area contributed by atoms with Gasteiger partial charge in [0.1, 0.15) is 11.3 Å². The molecule has 31 heavy (non-hydrogen) atoms. The second-order valence-corrected chi connectivity index (χ2v) is 7.78. The Morgan fingerprint density at radius 2 is 1.87 bits per heavy atom. The van der Waals surface area contributed by atoms with Crippen LogP contribution in [-0.2, 0) is 18.4 Å². The summed E-state index contributed by atoms with van der Waals surface area (Å²) in [6.07, 6.45) is 1.56. The van der Waals surface area contributed by atoms with E-state index in [4.69, 9.17) is 4.74 Å². The Hall–Kier alpha value is -3.59. The monoisotopic (exact) mass is 435 g/mol. The summed E-state index contributed by atoms with van der Waals surface area (Å²) in [5.74, 6) is 0.632. The van der Waals surface area contributed by atoms with Crippen molar-refractivity contribution in [2.24, 2.45) is 7.05 Å². The number of amides is 1. The van der Waals surface area contributed by atoms with E-state index in [1.54, 1.807) is 49.2 Å². The highest BCUT2D eigenvalue weighted by Gasteiger charge is 2.16. The van der Waals surface area contributed by atoms with Crippen LogP contribution in [0.5, 0.6) is 5.75 Å². The third-order valence-electron chi connectivity index (χ3n) is 4.70. The standard InChI is InChI=1S/C22H21N5O3S/c1-26-20-18(12-23-26)25-22(27(21(20)29)13-15-6-4-3-5-7-15)31-14-19(28)24-16-8-10-17(30-2)11-9-16/h3-12H,13-14H2,1-2H3,(H,24,28). The number of hydrogen-bond donors (Lipinski definition) is 1. The summed E-state index contributed by atoms with van der Waals surface area (Å²) < 4.78 is 8.24. The van der Waals surface area contributed by atoms with E-state index < -0.39 is 0 Å². The van der Waals surface area contributed by atoms with E-state index in [-0.39, 0.29) is 17.2 Å². The van der Waals surface area contributed by atoms with Gasteiger partial charge in [0, 0.05) is 12.7 Å². The van der Waals surface area contributed by atoms with Gasteiger partial charge in [0.05, 0.1) is 25.6 Å². The first-order valence-electron chi connectivity index (χ1n) is 9.58. The molecule has 1 amide bonds. The fraction of sp³-hybridized carbons (Fsp3) is 0.182. The summed E-state index contributed by atoms with van der Waals surface area (Å²) in [4.78, 5) is 30.2. The Kier molecular flexibility index (Phi) is 6.03. The fourth-order valence-electron chi connectivity index (χ4n) is 3.15. The number of nitrogens with one attached hydrogen (secondary N) is 1. The smallest absolute Gasteiger partial charge is 0.280 e. The van der Waals surface area contributed by atoms with Gasteiger partial charge in [-0.2, -0.15) is 5.10 Å². The number of anilines is 1. The molecule has 158 valence electrons. The summed E-state index contributed by atoms with van der Waals surface area (Å²) in [6, 6.07) is 16.8. The van der Waals surface area contributed by atoms with Crippen LogP contribution in [0.2, 0.25) is 0 Å². The topological polar surface area (TPSA) is 91.0 Å². The van der Waals surface area contributed by atoms with Gasteiger partial charge in [-0.25, -0.2) is 4.98 Å². The van der Waals surface area contributed by atoms with Gasteiger partial charge >= 0.3 is 0 Å². The third kappa shape index (κ3) is 4.61. The first-order chi connectivity index (χ1) is 15.0. The third-order valence-corrected chi connectivity index (χ3v) is 5.68. The van der Waals surface area contributed by atoms with E-state index in [9.17, 15) is 9.59 Å². The van der Waals surface area contributed by atoms with Crippen molar-refractivity contribution in [2.75, 3.05) is 18.2 Å². The van der Waals surface area contributed by atoms with Crippen LogP contribution in [0.25, 0.3) is 11.0 Å². The van der Waals surface area contributed by atoms with Gasteiger partial charge in [0.15, 0.2) is 10.7 Å². The van der Waals surface area contributed by atoms with E-state index >= 15 is 0 Å². The molecule has 0 bridgehead atoms. The minimum atomic E-state index is -0.193. The van der Waals surface area contributed by atoms with Gasteiger partial charge in [0.25, 0.3) is 5.56 Å². The molecule has 0 saturated heterocycles. The molecule has 8 nitrogen and oxygen atoms in total. The largest absolute Gasteiger partial charge is 0.497 e. The number of aryl methyl sites for hydroxylation is 1. The molecule has 2 aromatic heterocycles. The minimum Gasteiger partial charge on any atom is -0.497 e. The lowest BCUT2D eigenvalue weighted by Gasteiger charge is -2.12. The van der Waals surface area contributed by atoms with Gasteiger partial charge < -0.3 is 10.1 Å². The SMILES string of the molecule is COc1ccc(NC(=O)CSc2nc3cnn(C)c3c(=O)n2Cc2ccccc2)cc1. The maximum atomic E-state index is 13.2. The molecule has 4 aromatic rings. The Labute approximate surface area is 182 Å². The second kappa shape index (κ2) is 9.05. The molecule has 2 aromatic carbocycles. The Morgan fingerprint density at radius 1 is 1.13 bits per heavy atom. The number of hydrogen-bond acceptors (Lipinski definition) is 6. The number of rotatable bonds is 7. The number of nitrogens with zero attached hydrogens (tertiary/aromatic N) is 4. The Balaban J connectivity index is 1.57. The molecule has 0 spiro atoms. The number of methoxy groups -OCH3 is 1. The molecular formula is C22H21N5O3S. The minimum absolute atomic E-state index is 0.110. The van der Waals surface area contributed by atoms with Crippen LogP contribution in [0, 0.1) is 0 Å². The number of ether oxygens (including phenoxy) is 1. The summed E-state index contributed by atoms with van der Waals surface area (Å²) in [5, 5.41) is 7.47. The van der Waals surface area contributed by atoms with Gasteiger partial charge in [-0.05, 0) is 29.8 Å². The molecule has 0 radical (unpaired) electrons. The molecule has 0 aliphatic heterocycles. The van der Waals surface area contributed by atoms with E-state index in [1.807, 2.05) is 30.3 Å². The van der Waals surface area contributed by atoms with Gasteiger partial charge in [-0.1, -0.05) is 42.1 Å². The van der Waals surface area contributed by atoms with E-state index in [2.05, 4.69) is 15.4 Å². The van der Waals surface area contributed by atoms with Crippen LogP contribution in [0.15, 0.2) is 70.7 Å². The predicted molar refractivity (Wildman–Crippen MR) is 121 cm³/mol. The van der Waals surface area contributed by atoms with Crippen LogP contribution in [-0.4, -0.2) is 38.1 Å². The fourth-order valence-corrected chi connectivity index (χ4v) is 3.95. The Bertz CT molecular complexity index is 1270. The van der Waals surface area contributed by atoms with Crippen molar-refractivity contribution >= 4 is 34.4 Å². The zero-order valence-electron chi connectivity index (χ0n) is 17.1. The number of benzene rings is 2. The Morgan fingerprint density at radius 3 is 2.58 bits per heavy atom. The predicted octanol–water partition coefficient (Wildman–Crippen LogP) is 2.92. The maximum absolute atomic E-state index is 13.2. The zero-order chi connectivity index (χ0) is 21.8. The van der Waals surface area contributed by atoms with Gasteiger partial charge in [0.2, 0.25) is 5.91 Å². The summed E-state index contributed by atoms with van der Waals surface area (Å²) in [5.41, 5.74) is 2.39. The van der Waals surface area contributed by atoms with Crippen molar-refractivity contribution < 1.29 is 9.53 Å². The molecule has 1 N–H and O–H groups in total. The molecule has 2 heterocycles. The molecule has 0 saturated carbocycles. The summed E-state index contributed by atoms with van der Waals surface area (Å²) in [6.45, 7) is 0.357. The average molecular weight is 436 g/mol. The van der Waals surface area contributed by atoms with Gasteiger partial charge in [-0.15, -0.1) is 0 Å². The van der Waals surface area contributed by atoms with Crippen molar-refractivity contribution in [1.82, 2.24) is 19.3 Å². The summed E-state index contributed by atoms with van der Waals surface area (Å²) >= 11 is 1.22. The molecule has 9 heteroatoms. The quantitative estimate of drug-likeness (QED) is 0.355. The summed E-state index contributed by atoms with van der Waals surface area (Å²) in [7, 11) is 3.30. The van der Waals surface area contributed by atoms with Crippen LogP contribution >= 0.6 is 11.8 Å². The number of fused-ring (bicyclic) bond motifs is 1. The second-order valence-electron chi connectivity index (χ2n) is 6.84. The number of thioether (sulfide) groups is 1. The highest BCUT2D eigenvalue weighted by atomic mass is 32.2. The van der Waals surface area contributed by atoms with Crippen molar-refractivity contribution in [3.63, 3.8) is 0 Å². The van der Waals surface area contributed by atoms with Crippen molar-refractivity contribution in [2.45, 2.75) is 11.7 Å². The average Bonchev–Trinajstić information content (AvgIpc) is 3.16. The number of aromatic nitrogens is 4. The van der Waals surface area contributed by atoms with Crippen LogP contribution in [0.4, 0.5) is 5.69 Å². The first kappa shape index (κ1) is 20.7. The number of carbonyl (C=O) groups excluding carboxylic acids is 1. The van der Waals surface area contributed by atoms with Crippen molar-refractivity contribution in [1.29, 1.82) is 0 Å². The van der Waals surface area contributed by atoms with Crippen LogP contribution in [0.3, 0.4) is 0 Å². The molecule has 0 unspecified atom stereocenters. The lowest BCUT2D eigenvalue weighted by molar-refractivity contribution is -0.113. The lowest BCUT2D eigenvalue weighted by atomic mass is 10.2. The van der Waals surface area contributed by atoms with E-state index in [0.717, 1.165) is 5.56 Å². The number of carbonyl (C=O) groups is 1. The van der Waals surface area contributed by atoms with E-state index in [0.29, 0.717) is 34.2 Å². The molecular weight excluding hydrogens is 414 g/mol. The molecule has 0 fully saturated rings. The van der Waals surface area contributed by atoms with Crippen LogP contribution < -0.4 is 15.6 Å². The molecule has 4 rings (SSSR count). The molecule has 0 aliphatic carbocycles. The van der Waals surface area contributed by atoms with Gasteiger partial charge in [-0.3, -0.25) is 18.8 Å². The van der Waals surface area contributed by atoms with Crippen molar-refractivity contribution in [3.05, 3.63) is 76.7 Å². The van der Waals surface area contributed by atoms with Crippen molar-refractivity contribution in [3.8, 4) is 5.75 Å². The zero-order valence-corrected chi connectivity index (χ0v) is 17.9.